The first-order valence-electron chi connectivity index (χ1n) is 37.7. The molecule has 38 heteroatoms. The predicted octanol–water partition coefficient (Wildman–Crippen LogP) is 26.4. The van der Waals surface area contributed by atoms with Crippen LogP contribution in [0.1, 0.15) is 50.1 Å². The zero-order valence-corrected chi connectivity index (χ0v) is 80.6. The molecule has 0 aliphatic heterocycles. The molecule has 10 aromatic rings. The summed E-state index contributed by atoms with van der Waals surface area (Å²) >= 11 is 2.73. The summed E-state index contributed by atoms with van der Waals surface area (Å²) in [6, 6.07) is 57.9. The number of anilines is 3. The van der Waals surface area contributed by atoms with E-state index in [1.165, 1.54) is 36.4 Å². The SMILES string of the molecule is C=C(F)CBr.C=C(F)Cc1ccc(N)c(Oc2ccccc2CN(C)C)c1.C=C(F)Cc1ccc([N+](=O)[O-])c(Oc2ccccc2CN(C)C)c1.C=C(F)F.CN(C)Cc1ccccc1Oc1cc(C(F)(F)F)ccc1N.CN(C)Cc1ccccc1Oc1cc(CC([18F])([18F])C([18F])([18F])[18F])ccc1N.CN(C)Cc1ccccc1Oc1cc(I)ccc1[N+](=O)[O-].[Cl][SnH]([Cl])[Cl]. The van der Waals surface area contributed by atoms with Crippen molar-refractivity contribution in [1.29, 1.82) is 0 Å². The first-order chi connectivity index (χ1) is 59.8. The molecule has 0 heterocycles. The molecule has 19 nitrogen and oxygen atoms in total. The zero-order chi connectivity index (χ0) is 96.5. The van der Waals surface area contributed by atoms with Gasteiger partial charge in [0.1, 0.15) is 34.6 Å². The van der Waals surface area contributed by atoms with E-state index in [4.69, 9.17) is 67.6 Å². The van der Waals surface area contributed by atoms with Crippen molar-refractivity contribution in [3.8, 4) is 57.5 Å². The van der Waals surface area contributed by atoms with E-state index in [0.717, 1.165) is 73.5 Å². The van der Waals surface area contributed by atoms with E-state index in [0.29, 0.717) is 66.2 Å². The summed E-state index contributed by atoms with van der Waals surface area (Å²) in [6.45, 7) is 14.9. The van der Waals surface area contributed by atoms with Crippen molar-refractivity contribution in [1.82, 2.24) is 24.5 Å². The van der Waals surface area contributed by atoms with Crippen molar-refractivity contribution >= 4 is 110 Å². The Kier molecular flexibility index (Phi) is 49.0. The van der Waals surface area contributed by atoms with Crippen molar-refractivity contribution < 1.29 is 90.6 Å². The van der Waals surface area contributed by atoms with Crippen LogP contribution < -0.4 is 40.9 Å². The van der Waals surface area contributed by atoms with Crippen LogP contribution in [0.15, 0.2) is 262 Å². The second-order valence-corrected chi connectivity index (χ2v) is 45.2. The van der Waals surface area contributed by atoms with Crippen LogP contribution in [0, 0.1) is 23.8 Å². The summed E-state index contributed by atoms with van der Waals surface area (Å²) in [5.74, 6) is -2.28. The summed E-state index contributed by atoms with van der Waals surface area (Å²) in [5.41, 5.74) is 23.1. The Bertz CT molecular complexity index is 5260. The van der Waals surface area contributed by atoms with Crippen molar-refractivity contribution in [3.05, 3.63) is 336 Å². The molecule has 128 heavy (non-hydrogen) atoms. The molecule has 0 aromatic heterocycles. The average molecular weight is 2140 g/mol. The van der Waals surface area contributed by atoms with E-state index in [1.807, 2.05) is 175 Å². The maximum absolute atomic E-state index is 13.3. The summed E-state index contributed by atoms with van der Waals surface area (Å²) in [6.07, 6.45) is -13.2. The molecule has 0 amide bonds. The number of nitrogens with zero attached hydrogens (tertiary/aromatic N) is 7. The molecule has 10 aromatic carbocycles. The summed E-state index contributed by atoms with van der Waals surface area (Å²) in [7, 11) is 34.3. The molecule has 0 saturated carbocycles. The molecule has 0 saturated heterocycles. The fourth-order valence-corrected chi connectivity index (χ4v) is 11.2. The van der Waals surface area contributed by atoms with E-state index in [2.05, 4.69) is 69.7 Å². The van der Waals surface area contributed by atoms with Gasteiger partial charge in [-0.15, -0.1) is 0 Å². The molecule has 692 valence electrons. The van der Waals surface area contributed by atoms with Gasteiger partial charge < -0.3 is 65.4 Å². The number of ether oxygens (including phenoxy) is 5. The van der Waals surface area contributed by atoms with Gasteiger partial charge in [-0.2, -0.15) is 43.9 Å². The van der Waals surface area contributed by atoms with Gasteiger partial charge in [-0.05, 0) is 201 Å². The van der Waals surface area contributed by atoms with Gasteiger partial charge in [-0.3, -0.25) is 20.2 Å². The standard InChI is InChI=1S/C18H19F5N2O.C18H19FN2O3.C18H21FN2O.C16H17F3N2O.C15H15IN2O3.C3H4BrF.C2H2F2.3ClH.Sn.H/c1-25(2)11-13-5-3-4-6-15(13)26-16-9-12(7-8-14(16)24)10-17(19,20)18(21,22)23;1-13(19)10-14-8-9-16(21(22)23)18(11-14)24-17-7-5-4-6-15(17)12-20(2)3;1-13(19)10-14-8-9-16(20)18(11-14)22-17-7-5-4-6-15(17)12-21(2)3;1-21(2)10-11-5-3-4-6-14(11)22-15-9-12(16(17,18)19)7-8-13(15)20;1-17(2)10-11-5-3-4-6-14(11)21-15-9-12(16)7-8-13(15)18(19)20;1-3(5)2-4;1-2(3)4;;;;;/h3-9H,10-11,24H2,1-2H3;4-9,11H,1,10,12H2,2-3H3;4-9,11H,1,10,12,20H2,2-3H3;3-9H,10,20H2,1-2H3;3-9H,10H2,1-2H3;1-2H2;1H2;3*1H;;/q;;;;;;;;;;+3;/p-3/i19-1,20-1,21-1,22-1,23-1;;;;;;;;;;;. The minimum absolute atomic E-state index is 0.000955. The Balaban J connectivity index is 0.000000398. The second kappa shape index (κ2) is 55.9. The molecule has 0 unspecified atom stereocenters. The molecule has 0 fully saturated rings. The van der Waals surface area contributed by atoms with E-state index in [-0.39, 0.29) is 81.1 Å². The molecule has 0 radical (unpaired) electrons. The van der Waals surface area contributed by atoms with Crippen LogP contribution in [0.2, 0.25) is 0 Å². The predicted molar refractivity (Wildman–Crippen MR) is 499 cm³/mol. The number of allylic oxidation sites excluding steroid dienone is 3. The molecule has 0 spiro atoms. The minimum atomic E-state index is -5.62. The van der Waals surface area contributed by atoms with Gasteiger partial charge in [0.25, 0.3) is 6.08 Å². The first-order valence-corrected chi connectivity index (χ1v) is 52.4. The van der Waals surface area contributed by atoms with Crippen molar-refractivity contribution in [3.63, 3.8) is 0 Å². The number of para-hydroxylation sites is 5. The number of alkyl halides is 9. The fourth-order valence-electron chi connectivity index (χ4n) is 10.7. The van der Waals surface area contributed by atoms with Gasteiger partial charge in [0.2, 0.25) is 11.5 Å². The number of nitro benzene ring substituents is 2. The number of halogens is 18. The molecule has 0 aliphatic rings. The van der Waals surface area contributed by atoms with Crippen LogP contribution in [0.4, 0.5) is 85.5 Å². The van der Waals surface area contributed by atoms with E-state index >= 15 is 0 Å². The third-order valence-electron chi connectivity index (χ3n) is 16.0. The van der Waals surface area contributed by atoms with Crippen LogP contribution in [-0.2, 0) is 58.2 Å². The molecule has 10 rings (SSSR count). The quantitative estimate of drug-likeness (QED) is 0.00753. The normalized spacial score (nSPS) is 10.9. The number of nitro groups is 2. The van der Waals surface area contributed by atoms with Crippen LogP contribution in [0.3, 0.4) is 0 Å². The molecular weight excluding hydrogens is 2040 g/mol. The van der Waals surface area contributed by atoms with Crippen LogP contribution >= 0.6 is 65.3 Å². The van der Waals surface area contributed by atoms with Crippen molar-refractivity contribution in [2.75, 3.05) is 93.0 Å². The maximum atomic E-state index is 13.3. The van der Waals surface area contributed by atoms with Crippen LogP contribution in [0.25, 0.3) is 0 Å². The Labute approximate surface area is 776 Å². The van der Waals surface area contributed by atoms with Crippen LogP contribution in [0.5, 0.6) is 57.5 Å². The van der Waals surface area contributed by atoms with E-state index < -0.39 is 68.4 Å². The van der Waals surface area contributed by atoms with Gasteiger partial charge in [0.15, 0.2) is 17.2 Å². The van der Waals surface area contributed by atoms with E-state index in [1.54, 1.807) is 66.7 Å². The molecular formula is C90H98BrCl3F13IN10O9Sn. The average Bonchev–Trinajstić information content (AvgIpc) is 0.810. The van der Waals surface area contributed by atoms with E-state index in [9.17, 15) is 77.3 Å². The second-order valence-electron chi connectivity index (χ2n) is 28.7. The number of hydrogen-bond acceptors (Lipinski definition) is 17. The molecule has 0 aliphatic carbocycles. The third kappa shape index (κ3) is 43.5. The first kappa shape index (κ1) is 112. The monoisotopic (exact) mass is 2140 g/mol. The Morgan fingerprint density at radius 2 is 0.648 bits per heavy atom. The molecule has 6 N–H and O–H groups in total. The number of benzene rings is 10. The van der Waals surface area contributed by atoms with Crippen molar-refractivity contribution in [2.24, 2.45) is 0 Å². The van der Waals surface area contributed by atoms with Gasteiger partial charge in [0, 0.05) is 102 Å². The number of rotatable bonds is 29. The van der Waals surface area contributed by atoms with Gasteiger partial charge in [0.05, 0.1) is 49.5 Å². The van der Waals surface area contributed by atoms with Gasteiger partial charge >= 0.3 is 72.8 Å². The molecule has 0 bridgehead atoms. The van der Waals surface area contributed by atoms with Crippen LogP contribution in [-0.4, -0.2) is 139 Å². The molecule has 0 atom stereocenters. The summed E-state index contributed by atoms with van der Waals surface area (Å²) in [4.78, 5) is 31.3. The number of hydrogen-bond donors (Lipinski definition) is 3. The van der Waals surface area contributed by atoms with Gasteiger partial charge in [-0.25, -0.2) is 13.2 Å². The number of nitrogen functional groups attached to an aromatic ring is 3. The summed E-state index contributed by atoms with van der Waals surface area (Å²) in [5, 5.41) is 22.6. The Hall–Kier alpha value is -9.87. The zero-order valence-electron chi connectivity index (χ0n) is 71.3. The van der Waals surface area contributed by atoms with Crippen molar-refractivity contribution in [2.45, 2.75) is 70.3 Å². The summed E-state index contributed by atoms with van der Waals surface area (Å²) < 4.78 is 189. The van der Waals surface area contributed by atoms with Gasteiger partial charge in [-0.1, -0.05) is 145 Å². The Morgan fingerprint density at radius 1 is 0.398 bits per heavy atom. The Morgan fingerprint density at radius 3 is 0.930 bits per heavy atom. The third-order valence-corrected chi connectivity index (χ3v) is 17.3. The topological polar surface area (TPSA) is 227 Å². The fraction of sp³-hybridized carbons (Fsp3) is 0.244. The number of nitrogens with two attached hydrogens (primary N) is 3.